The lowest BCUT2D eigenvalue weighted by atomic mass is 10.0. The van der Waals surface area contributed by atoms with Gasteiger partial charge in [0.15, 0.2) is 0 Å². The van der Waals surface area contributed by atoms with Crippen LogP contribution in [0, 0.1) is 0 Å². The van der Waals surface area contributed by atoms with Crippen molar-refractivity contribution in [1.82, 2.24) is 5.32 Å². The molecule has 0 aliphatic heterocycles. The number of aryl methyl sites for hydroxylation is 1. The molecule has 0 amide bonds. The zero-order valence-electron chi connectivity index (χ0n) is 12.9. The Balaban J connectivity index is 2.68. The van der Waals surface area contributed by atoms with Gasteiger partial charge in [0.2, 0.25) is 0 Å². The summed E-state index contributed by atoms with van der Waals surface area (Å²) < 4.78 is 0. The van der Waals surface area contributed by atoms with E-state index in [0.717, 1.165) is 13.0 Å². The first kappa shape index (κ1) is 16.6. The summed E-state index contributed by atoms with van der Waals surface area (Å²) in [6.07, 6.45) is 3.73. The summed E-state index contributed by atoms with van der Waals surface area (Å²) in [6.45, 7) is 10.0. The summed E-state index contributed by atoms with van der Waals surface area (Å²) in [5.41, 5.74) is 2.85. The molecule has 19 heavy (non-hydrogen) atoms. The van der Waals surface area contributed by atoms with Gasteiger partial charge in [-0.15, -0.1) is 0 Å². The fraction of sp³-hybridized carbons (Fsp3) is 0.647. The predicted octanol–water partition coefficient (Wildman–Crippen LogP) is 4.82. The van der Waals surface area contributed by atoms with Gasteiger partial charge in [-0.1, -0.05) is 58.4 Å². The molecule has 1 aromatic rings. The third-order valence-electron chi connectivity index (χ3n) is 3.52. The van der Waals surface area contributed by atoms with Gasteiger partial charge in [0.1, 0.15) is 0 Å². The first-order chi connectivity index (χ1) is 9.22. The summed E-state index contributed by atoms with van der Waals surface area (Å²) >= 11 is 2.09. The fourth-order valence-corrected chi connectivity index (χ4v) is 3.52. The molecule has 0 aromatic heterocycles. The van der Waals surface area contributed by atoms with E-state index in [0.29, 0.717) is 11.3 Å². The van der Waals surface area contributed by atoms with E-state index in [9.17, 15) is 0 Å². The van der Waals surface area contributed by atoms with Gasteiger partial charge in [0.25, 0.3) is 0 Å². The Morgan fingerprint density at radius 3 is 2.32 bits per heavy atom. The van der Waals surface area contributed by atoms with Crippen LogP contribution in [0.1, 0.15) is 57.7 Å². The van der Waals surface area contributed by atoms with E-state index in [-0.39, 0.29) is 0 Å². The van der Waals surface area contributed by atoms with Crippen molar-refractivity contribution >= 4 is 11.8 Å². The summed E-state index contributed by atoms with van der Waals surface area (Å²) in [5.74, 6) is 1.27. The van der Waals surface area contributed by atoms with Crippen molar-refractivity contribution in [3.63, 3.8) is 0 Å². The van der Waals surface area contributed by atoms with Crippen molar-refractivity contribution in [3.05, 3.63) is 35.4 Å². The molecule has 1 nitrogen and oxygen atoms in total. The van der Waals surface area contributed by atoms with Crippen LogP contribution in [0.3, 0.4) is 0 Å². The van der Waals surface area contributed by atoms with Gasteiger partial charge in [-0.25, -0.2) is 0 Å². The summed E-state index contributed by atoms with van der Waals surface area (Å²) in [6, 6.07) is 9.59. The van der Waals surface area contributed by atoms with Crippen molar-refractivity contribution in [3.8, 4) is 0 Å². The van der Waals surface area contributed by atoms with Gasteiger partial charge in [-0.3, -0.25) is 0 Å². The molecular weight excluding hydrogens is 250 g/mol. The van der Waals surface area contributed by atoms with Crippen LogP contribution in [0.5, 0.6) is 0 Å². The van der Waals surface area contributed by atoms with E-state index < -0.39 is 0 Å². The minimum Gasteiger partial charge on any atom is -0.309 e. The number of hydrogen-bond donors (Lipinski definition) is 1. The minimum absolute atomic E-state index is 0.470. The molecule has 0 fully saturated rings. The highest BCUT2D eigenvalue weighted by atomic mass is 32.2. The summed E-state index contributed by atoms with van der Waals surface area (Å²) in [5, 5.41) is 4.27. The Morgan fingerprint density at radius 2 is 1.79 bits per heavy atom. The normalized spacial score (nSPS) is 14.3. The predicted molar refractivity (Wildman–Crippen MR) is 89.1 cm³/mol. The molecule has 1 N–H and O–H groups in total. The van der Waals surface area contributed by atoms with E-state index in [1.807, 2.05) is 0 Å². The number of thioether (sulfide) groups is 1. The number of hydrogen-bond acceptors (Lipinski definition) is 2. The number of unbranched alkanes of at least 4 members (excludes halogenated alkanes) is 1. The van der Waals surface area contributed by atoms with Gasteiger partial charge in [-0.05, 0) is 36.3 Å². The molecule has 0 aliphatic rings. The molecule has 0 saturated carbocycles. The van der Waals surface area contributed by atoms with Crippen LogP contribution in [0.4, 0.5) is 0 Å². The summed E-state index contributed by atoms with van der Waals surface area (Å²) in [7, 11) is 0. The molecule has 2 atom stereocenters. The van der Waals surface area contributed by atoms with Crippen LogP contribution >= 0.6 is 11.8 Å². The molecule has 2 unspecified atom stereocenters. The molecule has 1 rings (SSSR count). The molecule has 0 saturated heterocycles. The highest BCUT2D eigenvalue weighted by molar-refractivity contribution is 7.99. The molecule has 0 bridgehead atoms. The van der Waals surface area contributed by atoms with Crippen molar-refractivity contribution in [2.24, 2.45) is 0 Å². The number of benzene rings is 1. The minimum atomic E-state index is 0.470. The molecule has 0 radical (unpaired) electrons. The highest BCUT2D eigenvalue weighted by Crippen LogP contribution is 2.27. The third-order valence-corrected chi connectivity index (χ3v) is 4.84. The van der Waals surface area contributed by atoms with E-state index in [1.165, 1.54) is 29.7 Å². The zero-order chi connectivity index (χ0) is 14.1. The van der Waals surface area contributed by atoms with E-state index >= 15 is 0 Å². The second kappa shape index (κ2) is 9.44. The lowest BCUT2D eigenvalue weighted by Gasteiger charge is -2.25. The van der Waals surface area contributed by atoms with Gasteiger partial charge < -0.3 is 5.32 Å². The van der Waals surface area contributed by atoms with E-state index in [1.54, 1.807) is 0 Å². The second-order valence-electron chi connectivity index (χ2n) is 5.06. The van der Waals surface area contributed by atoms with Crippen LogP contribution in [0.2, 0.25) is 0 Å². The van der Waals surface area contributed by atoms with Crippen LogP contribution < -0.4 is 5.32 Å². The maximum absolute atomic E-state index is 3.64. The first-order valence-electron chi connectivity index (χ1n) is 7.66. The van der Waals surface area contributed by atoms with Gasteiger partial charge in [-0.2, -0.15) is 11.8 Å². The fourth-order valence-electron chi connectivity index (χ4n) is 2.25. The van der Waals surface area contributed by atoms with Gasteiger partial charge in [0.05, 0.1) is 0 Å². The molecule has 2 heteroatoms. The second-order valence-corrected chi connectivity index (χ2v) is 6.55. The van der Waals surface area contributed by atoms with Crippen LogP contribution in [0.25, 0.3) is 0 Å². The Morgan fingerprint density at radius 1 is 1.11 bits per heavy atom. The molecule has 108 valence electrons. The Bertz CT molecular complexity index is 334. The average molecular weight is 279 g/mol. The van der Waals surface area contributed by atoms with Crippen molar-refractivity contribution in [1.29, 1.82) is 0 Å². The standard InChI is InChI=1S/C17H29NS/c1-5-8-13-19-14(4)17(18-7-3)16-11-9-15(6-2)10-12-16/h9-12,14,17-18H,5-8,13H2,1-4H3. The van der Waals surface area contributed by atoms with Crippen molar-refractivity contribution in [2.75, 3.05) is 12.3 Å². The topological polar surface area (TPSA) is 12.0 Å². The molecular formula is C17H29NS. The Hall–Kier alpha value is -0.470. The van der Waals surface area contributed by atoms with Crippen molar-refractivity contribution < 1.29 is 0 Å². The van der Waals surface area contributed by atoms with E-state index in [4.69, 9.17) is 0 Å². The van der Waals surface area contributed by atoms with Gasteiger partial charge >= 0.3 is 0 Å². The highest BCUT2D eigenvalue weighted by Gasteiger charge is 2.18. The lowest BCUT2D eigenvalue weighted by Crippen LogP contribution is -2.28. The quantitative estimate of drug-likeness (QED) is 0.650. The first-order valence-corrected chi connectivity index (χ1v) is 8.71. The molecule has 0 spiro atoms. The largest absolute Gasteiger partial charge is 0.309 e. The Kier molecular flexibility index (Phi) is 8.24. The Labute approximate surface area is 123 Å². The maximum atomic E-state index is 3.64. The smallest absolute Gasteiger partial charge is 0.0437 e. The molecule has 1 aromatic carbocycles. The van der Waals surface area contributed by atoms with Crippen LogP contribution in [-0.2, 0) is 6.42 Å². The number of nitrogens with one attached hydrogen (secondary N) is 1. The maximum Gasteiger partial charge on any atom is 0.0437 e. The zero-order valence-corrected chi connectivity index (χ0v) is 13.7. The average Bonchev–Trinajstić information content (AvgIpc) is 2.45. The van der Waals surface area contributed by atoms with Gasteiger partial charge in [0, 0.05) is 11.3 Å². The van der Waals surface area contributed by atoms with Crippen molar-refractivity contribution in [2.45, 2.75) is 58.2 Å². The third kappa shape index (κ3) is 5.58. The number of rotatable bonds is 9. The SMILES string of the molecule is CCCCSC(C)C(NCC)c1ccc(CC)cc1. The van der Waals surface area contributed by atoms with Crippen LogP contribution in [-0.4, -0.2) is 17.5 Å². The lowest BCUT2D eigenvalue weighted by molar-refractivity contribution is 0.547. The molecule has 0 heterocycles. The monoisotopic (exact) mass is 279 g/mol. The van der Waals surface area contributed by atoms with E-state index in [2.05, 4.69) is 69.0 Å². The van der Waals surface area contributed by atoms with Crippen LogP contribution in [0.15, 0.2) is 24.3 Å². The molecule has 0 aliphatic carbocycles. The summed E-state index contributed by atoms with van der Waals surface area (Å²) in [4.78, 5) is 0.